The number of benzene rings is 2. The fraction of sp³-hybridized carbons (Fsp3) is 0.0625. The third kappa shape index (κ3) is 3.27. The van der Waals surface area contributed by atoms with Gasteiger partial charge < -0.3 is 5.11 Å². The van der Waals surface area contributed by atoms with Crippen molar-refractivity contribution in [2.75, 3.05) is 0 Å². The molecule has 4 heteroatoms. The zero-order valence-electron chi connectivity index (χ0n) is 10.6. The first-order chi connectivity index (χ1) is 9.61. The van der Waals surface area contributed by atoms with E-state index in [0.717, 1.165) is 0 Å². The summed E-state index contributed by atoms with van der Waals surface area (Å²) >= 11 is 4.02. The van der Waals surface area contributed by atoms with Gasteiger partial charge in [0.05, 0.1) is 5.57 Å². The molecule has 102 valence electrons. The van der Waals surface area contributed by atoms with Crippen LogP contribution in [-0.2, 0) is 10.5 Å². The summed E-state index contributed by atoms with van der Waals surface area (Å²) in [7, 11) is 0. The first-order valence-electron chi connectivity index (χ1n) is 6.01. The lowest BCUT2D eigenvalue weighted by molar-refractivity contribution is -0.130. The van der Waals surface area contributed by atoms with Gasteiger partial charge in [-0.15, -0.1) is 0 Å². The summed E-state index contributed by atoms with van der Waals surface area (Å²) < 4.78 is 13.7. The quantitative estimate of drug-likeness (QED) is 0.509. The number of aliphatic carboxylic acids is 1. The highest BCUT2D eigenvalue weighted by atomic mass is 32.1. The van der Waals surface area contributed by atoms with Gasteiger partial charge in [0, 0.05) is 5.75 Å². The van der Waals surface area contributed by atoms with E-state index in [4.69, 9.17) is 0 Å². The topological polar surface area (TPSA) is 37.3 Å². The van der Waals surface area contributed by atoms with Crippen molar-refractivity contribution in [2.45, 2.75) is 5.75 Å². The highest BCUT2D eigenvalue weighted by Gasteiger charge is 2.10. The van der Waals surface area contributed by atoms with Crippen molar-refractivity contribution in [2.24, 2.45) is 0 Å². The Kier molecular flexibility index (Phi) is 4.58. The van der Waals surface area contributed by atoms with Gasteiger partial charge >= 0.3 is 5.97 Å². The monoisotopic (exact) mass is 288 g/mol. The molecule has 0 aliphatic rings. The maximum absolute atomic E-state index is 13.7. The second-order valence-corrected chi connectivity index (χ2v) is 4.55. The summed E-state index contributed by atoms with van der Waals surface area (Å²) in [5, 5.41) is 9.28. The molecule has 0 unspecified atom stereocenters. The molecule has 0 aromatic heterocycles. The Labute approximate surface area is 122 Å². The number of halogens is 1. The van der Waals surface area contributed by atoms with Crippen LogP contribution in [0.3, 0.4) is 0 Å². The van der Waals surface area contributed by atoms with Gasteiger partial charge in [0.25, 0.3) is 0 Å². The van der Waals surface area contributed by atoms with Crippen molar-refractivity contribution in [1.82, 2.24) is 0 Å². The Morgan fingerprint density at radius 1 is 1.20 bits per heavy atom. The first-order valence-corrected chi connectivity index (χ1v) is 6.65. The Morgan fingerprint density at radius 3 is 2.45 bits per heavy atom. The van der Waals surface area contributed by atoms with Gasteiger partial charge in [0.1, 0.15) is 5.82 Å². The van der Waals surface area contributed by atoms with Crippen LogP contribution >= 0.6 is 12.6 Å². The third-order valence-electron chi connectivity index (χ3n) is 2.87. The highest BCUT2D eigenvalue weighted by molar-refractivity contribution is 7.79. The van der Waals surface area contributed by atoms with Crippen LogP contribution in [0.5, 0.6) is 0 Å². The van der Waals surface area contributed by atoms with E-state index in [1.54, 1.807) is 36.4 Å². The lowest BCUT2D eigenvalue weighted by Crippen LogP contribution is -1.99. The van der Waals surface area contributed by atoms with Crippen molar-refractivity contribution >= 4 is 30.2 Å². The molecule has 0 saturated heterocycles. The van der Waals surface area contributed by atoms with E-state index in [9.17, 15) is 14.3 Å². The number of carboxylic acid groups (broad SMARTS) is 1. The summed E-state index contributed by atoms with van der Waals surface area (Å²) in [6.07, 6.45) is 1.46. The molecule has 2 nitrogen and oxygen atoms in total. The molecule has 0 fully saturated rings. The summed E-state index contributed by atoms with van der Waals surface area (Å²) in [5.74, 6) is -1.12. The second-order valence-electron chi connectivity index (χ2n) is 4.24. The zero-order chi connectivity index (χ0) is 14.5. The van der Waals surface area contributed by atoms with Crippen molar-refractivity contribution in [1.29, 1.82) is 0 Å². The number of carbonyl (C=O) groups is 1. The van der Waals surface area contributed by atoms with Crippen LogP contribution in [0, 0.1) is 5.82 Å². The van der Waals surface area contributed by atoms with E-state index in [-0.39, 0.29) is 11.4 Å². The molecule has 2 aromatic carbocycles. The van der Waals surface area contributed by atoms with Crippen LogP contribution in [0.15, 0.2) is 48.5 Å². The molecule has 2 aromatic rings. The van der Waals surface area contributed by atoms with Gasteiger partial charge in [-0.05, 0) is 28.8 Å². The zero-order valence-corrected chi connectivity index (χ0v) is 11.5. The van der Waals surface area contributed by atoms with Crippen LogP contribution < -0.4 is 0 Å². The number of hydrogen-bond acceptors (Lipinski definition) is 2. The van der Waals surface area contributed by atoms with Gasteiger partial charge in [-0.2, -0.15) is 12.6 Å². The first kappa shape index (κ1) is 14.3. The third-order valence-corrected chi connectivity index (χ3v) is 3.21. The summed E-state index contributed by atoms with van der Waals surface area (Å²) in [5.41, 5.74) is 1.71. The summed E-state index contributed by atoms with van der Waals surface area (Å²) in [6.45, 7) is 0. The Morgan fingerprint density at radius 2 is 1.90 bits per heavy atom. The maximum Gasteiger partial charge on any atom is 0.336 e. The average molecular weight is 288 g/mol. The minimum absolute atomic E-state index is 0.128. The lowest BCUT2D eigenvalue weighted by Gasteiger charge is -2.04. The molecule has 0 radical (unpaired) electrons. The van der Waals surface area contributed by atoms with Crippen molar-refractivity contribution in [3.8, 4) is 0 Å². The van der Waals surface area contributed by atoms with Gasteiger partial charge in [-0.25, -0.2) is 9.18 Å². The standard InChI is InChI=1S/C16H13FO2S/c17-15-9-11(6-7-13(15)10-20)8-14(16(18)19)12-4-2-1-3-5-12/h1-9,20H,10H2,(H,18,19)/b14-8+. The Bertz CT molecular complexity index is 651. The molecule has 2 rings (SSSR count). The second kappa shape index (κ2) is 6.39. The molecule has 0 aliphatic heterocycles. The maximum atomic E-state index is 13.7. The number of rotatable bonds is 4. The molecule has 20 heavy (non-hydrogen) atoms. The number of hydrogen-bond donors (Lipinski definition) is 2. The number of carboxylic acids is 1. The van der Waals surface area contributed by atoms with E-state index >= 15 is 0 Å². The van der Waals surface area contributed by atoms with Gasteiger partial charge in [-0.3, -0.25) is 0 Å². The largest absolute Gasteiger partial charge is 0.478 e. The fourth-order valence-corrected chi connectivity index (χ4v) is 2.09. The smallest absolute Gasteiger partial charge is 0.336 e. The Hall–Kier alpha value is -2.07. The van der Waals surface area contributed by atoms with Crippen LogP contribution in [-0.4, -0.2) is 11.1 Å². The molecule has 0 spiro atoms. The predicted molar refractivity (Wildman–Crippen MR) is 81.0 cm³/mol. The van der Waals surface area contributed by atoms with E-state index in [2.05, 4.69) is 12.6 Å². The molecule has 0 heterocycles. The summed E-state index contributed by atoms with van der Waals surface area (Å²) in [6, 6.07) is 13.4. The van der Waals surface area contributed by atoms with Crippen molar-refractivity contribution < 1.29 is 14.3 Å². The van der Waals surface area contributed by atoms with E-state index < -0.39 is 5.97 Å². The number of thiol groups is 1. The van der Waals surface area contributed by atoms with Crippen LogP contribution in [0.4, 0.5) is 4.39 Å². The van der Waals surface area contributed by atoms with Crippen molar-refractivity contribution in [3.05, 3.63) is 71.0 Å². The Balaban J connectivity index is 2.45. The molecule has 0 atom stereocenters. The van der Waals surface area contributed by atoms with Gasteiger partial charge in [-0.1, -0.05) is 42.5 Å². The highest BCUT2D eigenvalue weighted by Crippen LogP contribution is 2.20. The lowest BCUT2D eigenvalue weighted by atomic mass is 10.0. The van der Waals surface area contributed by atoms with Crippen LogP contribution in [0.25, 0.3) is 11.6 Å². The average Bonchev–Trinajstić information content (AvgIpc) is 2.45. The summed E-state index contributed by atoms with van der Waals surface area (Å²) in [4.78, 5) is 11.3. The van der Waals surface area contributed by atoms with E-state index in [1.165, 1.54) is 12.1 Å². The van der Waals surface area contributed by atoms with Gasteiger partial charge in [0.15, 0.2) is 0 Å². The predicted octanol–water partition coefficient (Wildman–Crippen LogP) is 3.88. The van der Waals surface area contributed by atoms with Crippen LogP contribution in [0.1, 0.15) is 16.7 Å². The van der Waals surface area contributed by atoms with Gasteiger partial charge in [0.2, 0.25) is 0 Å². The SMILES string of the molecule is O=C(O)/C(=C/c1ccc(CS)c(F)c1)c1ccccc1. The minimum Gasteiger partial charge on any atom is -0.478 e. The molecular weight excluding hydrogens is 275 g/mol. The molecule has 0 bridgehead atoms. The van der Waals surface area contributed by atoms with E-state index in [0.29, 0.717) is 22.4 Å². The fourth-order valence-electron chi connectivity index (χ4n) is 1.83. The minimum atomic E-state index is -1.05. The van der Waals surface area contributed by atoms with E-state index in [1.807, 2.05) is 6.07 Å². The normalized spacial score (nSPS) is 11.4. The molecule has 1 N–H and O–H groups in total. The molecule has 0 saturated carbocycles. The molecule has 0 aliphatic carbocycles. The van der Waals surface area contributed by atoms with Crippen molar-refractivity contribution in [3.63, 3.8) is 0 Å². The molecule has 0 amide bonds. The van der Waals surface area contributed by atoms with Crippen LogP contribution in [0.2, 0.25) is 0 Å². The molecular formula is C16H13FO2S.